The number of fused-ring (bicyclic) bond motifs is 1. The van der Waals surface area contributed by atoms with Crippen LogP contribution in [0.5, 0.6) is 0 Å². The topological polar surface area (TPSA) is 97.0 Å². The van der Waals surface area contributed by atoms with Crippen LogP contribution in [0.3, 0.4) is 0 Å². The van der Waals surface area contributed by atoms with Crippen LogP contribution in [0.1, 0.15) is 45.1 Å². The van der Waals surface area contributed by atoms with Crippen LogP contribution in [-0.2, 0) is 4.74 Å². The standard InChI is InChI=1S/C22H20ClFN4O3/c1-12(26-21(30)31-22(2,3)4)19-27-17-7-5-6-16(23)18(17)20(29)28(19)15-9-13(11-25)8-14(24)10-15/h5-10,12H,1-4H3,(H,26,30). The number of nitrogens with one attached hydrogen (secondary N) is 1. The maximum atomic E-state index is 14.2. The molecule has 1 atom stereocenters. The van der Waals surface area contributed by atoms with Gasteiger partial charge in [-0.1, -0.05) is 17.7 Å². The Morgan fingerprint density at radius 2 is 2.03 bits per heavy atom. The number of carbonyl (C=O) groups is 1. The number of hydrogen-bond donors (Lipinski definition) is 1. The minimum absolute atomic E-state index is 0.0276. The molecule has 31 heavy (non-hydrogen) atoms. The van der Waals surface area contributed by atoms with E-state index in [4.69, 9.17) is 16.3 Å². The molecular weight excluding hydrogens is 423 g/mol. The number of nitrogens with zero attached hydrogens (tertiary/aromatic N) is 3. The second kappa shape index (κ2) is 8.36. The van der Waals surface area contributed by atoms with Crippen molar-refractivity contribution in [2.75, 3.05) is 0 Å². The Labute approximate surface area is 183 Å². The van der Waals surface area contributed by atoms with E-state index in [1.54, 1.807) is 45.9 Å². The molecular formula is C22H20ClFN4O3. The van der Waals surface area contributed by atoms with Gasteiger partial charge in [-0.25, -0.2) is 14.2 Å². The Morgan fingerprint density at radius 1 is 1.32 bits per heavy atom. The zero-order chi connectivity index (χ0) is 22.9. The third kappa shape index (κ3) is 4.84. The fourth-order valence-electron chi connectivity index (χ4n) is 3.06. The second-order valence-corrected chi connectivity index (χ2v) is 8.33. The molecule has 9 heteroatoms. The van der Waals surface area contributed by atoms with Crippen LogP contribution in [-0.4, -0.2) is 21.2 Å². The normalized spacial score (nSPS) is 12.3. The fraction of sp³-hybridized carbons (Fsp3) is 0.273. The first-order valence-electron chi connectivity index (χ1n) is 9.42. The van der Waals surface area contributed by atoms with E-state index in [1.807, 2.05) is 6.07 Å². The molecule has 160 valence electrons. The average molecular weight is 443 g/mol. The van der Waals surface area contributed by atoms with E-state index in [1.165, 1.54) is 6.07 Å². The molecule has 0 bridgehead atoms. The number of carbonyl (C=O) groups excluding carboxylic acids is 1. The first-order chi connectivity index (χ1) is 14.5. The summed E-state index contributed by atoms with van der Waals surface area (Å²) < 4.78 is 20.6. The Kier molecular flexibility index (Phi) is 6.00. The Morgan fingerprint density at radius 3 is 2.68 bits per heavy atom. The van der Waals surface area contributed by atoms with Crippen molar-refractivity contribution in [1.29, 1.82) is 5.26 Å². The number of nitriles is 1. The minimum atomic E-state index is -0.792. The van der Waals surface area contributed by atoms with Crippen molar-refractivity contribution in [3.63, 3.8) is 0 Å². The number of alkyl carbamates (subject to hydrolysis) is 1. The van der Waals surface area contributed by atoms with Crippen molar-refractivity contribution >= 4 is 28.6 Å². The maximum Gasteiger partial charge on any atom is 0.408 e. The van der Waals surface area contributed by atoms with Gasteiger partial charge in [-0.2, -0.15) is 5.26 Å². The predicted molar refractivity (Wildman–Crippen MR) is 115 cm³/mol. The molecule has 1 aromatic heterocycles. The highest BCUT2D eigenvalue weighted by atomic mass is 35.5. The number of rotatable bonds is 3. The lowest BCUT2D eigenvalue weighted by molar-refractivity contribution is 0.0505. The van der Waals surface area contributed by atoms with Crippen LogP contribution in [0.2, 0.25) is 5.02 Å². The number of aromatic nitrogens is 2. The smallest absolute Gasteiger partial charge is 0.408 e. The van der Waals surface area contributed by atoms with E-state index in [2.05, 4.69) is 10.3 Å². The molecule has 7 nitrogen and oxygen atoms in total. The summed E-state index contributed by atoms with van der Waals surface area (Å²) in [5.41, 5.74) is -0.849. The molecule has 1 unspecified atom stereocenters. The van der Waals surface area contributed by atoms with Gasteiger partial charge in [0.2, 0.25) is 0 Å². The molecule has 1 heterocycles. The van der Waals surface area contributed by atoms with Crippen molar-refractivity contribution < 1.29 is 13.9 Å². The van der Waals surface area contributed by atoms with E-state index in [9.17, 15) is 19.2 Å². The quantitative estimate of drug-likeness (QED) is 0.637. The molecule has 0 saturated heterocycles. The van der Waals surface area contributed by atoms with Gasteiger partial charge in [-0.05, 0) is 58.0 Å². The lowest BCUT2D eigenvalue weighted by atomic mass is 10.1. The van der Waals surface area contributed by atoms with Gasteiger partial charge < -0.3 is 10.1 Å². The largest absolute Gasteiger partial charge is 0.444 e. The van der Waals surface area contributed by atoms with Crippen LogP contribution in [0.4, 0.5) is 9.18 Å². The number of ether oxygens (including phenoxy) is 1. The van der Waals surface area contributed by atoms with Gasteiger partial charge in [0, 0.05) is 0 Å². The van der Waals surface area contributed by atoms with E-state index in [0.717, 1.165) is 16.7 Å². The number of amides is 1. The van der Waals surface area contributed by atoms with Crippen LogP contribution in [0.25, 0.3) is 16.6 Å². The molecule has 0 fully saturated rings. The van der Waals surface area contributed by atoms with E-state index < -0.39 is 29.1 Å². The summed E-state index contributed by atoms with van der Waals surface area (Å²) >= 11 is 6.23. The zero-order valence-electron chi connectivity index (χ0n) is 17.4. The molecule has 0 saturated carbocycles. The van der Waals surface area contributed by atoms with Crippen molar-refractivity contribution in [2.45, 2.75) is 39.3 Å². The highest BCUT2D eigenvalue weighted by Gasteiger charge is 2.23. The molecule has 3 rings (SSSR count). The average Bonchev–Trinajstić information content (AvgIpc) is 2.65. The summed E-state index contributed by atoms with van der Waals surface area (Å²) in [6.45, 7) is 6.78. The molecule has 1 N–H and O–H groups in total. The predicted octanol–water partition coefficient (Wildman–Crippen LogP) is 4.64. The summed E-state index contributed by atoms with van der Waals surface area (Å²) in [6, 6.07) is 9.40. The van der Waals surface area contributed by atoms with Crippen LogP contribution in [0.15, 0.2) is 41.2 Å². The summed E-state index contributed by atoms with van der Waals surface area (Å²) in [6.07, 6.45) is -0.705. The monoisotopic (exact) mass is 442 g/mol. The van der Waals surface area contributed by atoms with E-state index >= 15 is 0 Å². The lowest BCUT2D eigenvalue weighted by Crippen LogP contribution is -2.37. The Hall–Kier alpha value is -3.44. The van der Waals surface area contributed by atoms with E-state index in [0.29, 0.717) is 5.52 Å². The maximum absolute atomic E-state index is 14.2. The summed E-state index contributed by atoms with van der Waals surface area (Å²) in [5.74, 6) is -0.570. The van der Waals surface area contributed by atoms with Gasteiger partial charge in [0.05, 0.1) is 39.3 Å². The van der Waals surface area contributed by atoms with Gasteiger partial charge in [0.1, 0.15) is 17.2 Å². The second-order valence-electron chi connectivity index (χ2n) is 7.92. The number of benzene rings is 2. The van der Waals surface area contributed by atoms with Crippen LogP contribution >= 0.6 is 11.6 Å². The fourth-order valence-corrected chi connectivity index (χ4v) is 3.31. The molecule has 3 aromatic rings. The number of halogens is 2. The van der Waals surface area contributed by atoms with Gasteiger partial charge in [-0.15, -0.1) is 0 Å². The molecule has 0 radical (unpaired) electrons. The van der Waals surface area contributed by atoms with Crippen LogP contribution in [0, 0.1) is 17.1 Å². The van der Waals surface area contributed by atoms with Gasteiger partial charge >= 0.3 is 6.09 Å². The Bertz CT molecular complexity index is 1270. The lowest BCUT2D eigenvalue weighted by Gasteiger charge is -2.23. The van der Waals surface area contributed by atoms with Crippen molar-refractivity contribution in [3.8, 4) is 11.8 Å². The third-order valence-corrected chi connectivity index (χ3v) is 4.58. The molecule has 1 amide bonds. The molecule has 0 aliphatic carbocycles. The highest BCUT2D eigenvalue weighted by molar-refractivity contribution is 6.35. The van der Waals surface area contributed by atoms with E-state index in [-0.39, 0.29) is 27.5 Å². The summed E-state index contributed by atoms with van der Waals surface area (Å²) in [4.78, 5) is 30.2. The van der Waals surface area contributed by atoms with Crippen molar-refractivity contribution in [1.82, 2.24) is 14.9 Å². The summed E-state index contributed by atoms with van der Waals surface area (Å²) in [5, 5.41) is 12.2. The van der Waals surface area contributed by atoms with Gasteiger partial charge in [0.15, 0.2) is 0 Å². The highest BCUT2D eigenvalue weighted by Crippen LogP contribution is 2.24. The SMILES string of the molecule is CC(NC(=O)OC(C)(C)C)c1nc2cccc(Cl)c2c(=O)n1-c1cc(F)cc(C#N)c1. The minimum Gasteiger partial charge on any atom is -0.444 e. The first-order valence-corrected chi connectivity index (χ1v) is 9.79. The molecule has 0 spiro atoms. The van der Waals surface area contributed by atoms with Gasteiger partial charge in [0.25, 0.3) is 5.56 Å². The van der Waals surface area contributed by atoms with Gasteiger partial charge in [-0.3, -0.25) is 9.36 Å². The summed E-state index contributed by atoms with van der Waals surface area (Å²) in [7, 11) is 0. The number of hydrogen-bond acceptors (Lipinski definition) is 5. The third-order valence-electron chi connectivity index (χ3n) is 4.26. The van der Waals surface area contributed by atoms with Crippen LogP contribution < -0.4 is 10.9 Å². The Balaban J connectivity index is 2.24. The van der Waals surface area contributed by atoms with Crippen molar-refractivity contribution in [2.24, 2.45) is 0 Å². The molecule has 2 aromatic carbocycles. The zero-order valence-corrected chi connectivity index (χ0v) is 18.1. The van der Waals surface area contributed by atoms with Crippen molar-refractivity contribution in [3.05, 3.63) is 69.0 Å². The molecule has 0 aliphatic heterocycles. The molecule has 0 aliphatic rings. The first kappa shape index (κ1) is 22.2.